The van der Waals surface area contributed by atoms with Crippen LogP contribution >= 0.6 is 0 Å². The summed E-state index contributed by atoms with van der Waals surface area (Å²) < 4.78 is 5.78. The Labute approximate surface area is 197 Å². The SMILES string of the molecule is O=C(O)CNC(=O)C1=C(O)C[C@H](Cc2ccccc2)N(Cc2ccc(OCC3CC3)cc2)C1=O. The molecule has 4 rings (SSSR count). The van der Waals surface area contributed by atoms with E-state index in [0.717, 1.165) is 16.9 Å². The molecule has 0 unspecified atom stereocenters. The van der Waals surface area contributed by atoms with Gasteiger partial charge in [-0.2, -0.15) is 0 Å². The van der Waals surface area contributed by atoms with E-state index >= 15 is 0 Å². The standard InChI is InChI=1S/C26H28N2O6/c29-22-13-20(12-17-4-2-1-3-5-17)28(26(33)24(22)25(32)27-14-23(30)31)15-18-8-10-21(11-9-18)34-16-19-6-7-19/h1-5,8-11,19-20,29H,6-7,12-16H2,(H,27,32)(H,30,31)/t20-/m0/s1. The molecule has 1 aliphatic heterocycles. The fourth-order valence-corrected chi connectivity index (χ4v) is 4.00. The molecular formula is C26H28N2O6. The number of carboxylic acids is 1. The second-order valence-corrected chi connectivity index (χ2v) is 8.78. The minimum Gasteiger partial charge on any atom is -0.511 e. The Morgan fingerprint density at radius 2 is 1.74 bits per heavy atom. The molecule has 1 aliphatic carbocycles. The van der Waals surface area contributed by atoms with E-state index in [1.807, 2.05) is 54.6 Å². The molecule has 2 aromatic rings. The van der Waals surface area contributed by atoms with Crippen molar-refractivity contribution in [1.82, 2.24) is 10.2 Å². The second kappa shape index (κ2) is 10.4. The highest BCUT2D eigenvalue weighted by atomic mass is 16.5. The Balaban J connectivity index is 1.54. The summed E-state index contributed by atoms with van der Waals surface area (Å²) in [7, 11) is 0. The number of nitrogens with one attached hydrogen (secondary N) is 1. The number of rotatable bonds is 10. The normalized spacial score (nSPS) is 18.1. The molecule has 1 fully saturated rings. The van der Waals surface area contributed by atoms with E-state index < -0.39 is 29.9 Å². The lowest BCUT2D eigenvalue weighted by Gasteiger charge is -2.36. The van der Waals surface area contributed by atoms with Gasteiger partial charge in [-0.3, -0.25) is 14.4 Å². The zero-order valence-electron chi connectivity index (χ0n) is 18.8. The molecule has 1 heterocycles. The van der Waals surface area contributed by atoms with Crippen molar-refractivity contribution in [3.05, 3.63) is 77.1 Å². The van der Waals surface area contributed by atoms with Crippen molar-refractivity contribution < 1.29 is 29.3 Å². The predicted molar refractivity (Wildman–Crippen MR) is 124 cm³/mol. The van der Waals surface area contributed by atoms with Crippen LogP contribution in [0.3, 0.4) is 0 Å². The largest absolute Gasteiger partial charge is 0.511 e. The molecular weight excluding hydrogens is 436 g/mol. The summed E-state index contributed by atoms with van der Waals surface area (Å²) in [5.41, 5.74) is 1.45. The lowest BCUT2D eigenvalue weighted by atomic mass is 9.93. The highest BCUT2D eigenvalue weighted by molar-refractivity contribution is 6.19. The van der Waals surface area contributed by atoms with Gasteiger partial charge in [0.15, 0.2) is 0 Å². The molecule has 0 spiro atoms. The molecule has 2 aromatic carbocycles. The smallest absolute Gasteiger partial charge is 0.322 e. The van der Waals surface area contributed by atoms with Crippen LogP contribution in [-0.2, 0) is 27.3 Å². The molecule has 1 saturated carbocycles. The molecule has 2 amide bonds. The Hall–Kier alpha value is -3.81. The molecule has 0 saturated heterocycles. The summed E-state index contributed by atoms with van der Waals surface area (Å²) in [6.45, 7) is 0.308. The van der Waals surface area contributed by atoms with E-state index in [9.17, 15) is 19.5 Å². The number of amides is 2. The van der Waals surface area contributed by atoms with Crippen LogP contribution in [0.15, 0.2) is 65.9 Å². The van der Waals surface area contributed by atoms with Gasteiger partial charge >= 0.3 is 5.97 Å². The fraction of sp³-hybridized carbons (Fsp3) is 0.346. The Kier molecular flexibility index (Phi) is 7.15. The monoisotopic (exact) mass is 464 g/mol. The van der Waals surface area contributed by atoms with E-state index in [0.29, 0.717) is 18.9 Å². The first-order chi connectivity index (χ1) is 16.4. The molecule has 0 aromatic heterocycles. The molecule has 0 radical (unpaired) electrons. The van der Waals surface area contributed by atoms with Crippen LogP contribution in [0.1, 0.15) is 30.4 Å². The molecule has 1 atom stereocenters. The average molecular weight is 465 g/mol. The third-order valence-electron chi connectivity index (χ3n) is 6.03. The van der Waals surface area contributed by atoms with E-state index in [2.05, 4.69) is 5.32 Å². The van der Waals surface area contributed by atoms with Gasteiger partial charge in [0.25, 0.3) is 11.8 Å². The number of hydrogen-bond acceptors (Lipinski definition) is 5. The van der Waals surface area contributed by atoms with E-state index in [4.69, 9.17) is 9.84 Å². The molecule has 8 nitrogen and oxygen atoms in total. The van der Waals surface area contributed by atoms with Gasteiger partial charge in [0.1, 0.15) is 23.6 Å². The van der Waals surface area contributed by atoms with Gasteiger partial charge in [0.2, 0.25) is 0 Å². The number of ether oxygens (including phenoxy) is 1. The second-order valence-electron chi connectivity index (χ2n) is 8.78. The van der Waals surface area contributed by atoms with E-state index in [1.165, 1.54) is 12.8 Å². The number of aliphatic hydroxyl groups excluding tert-OH is 1. The summed E-state index contributed by atoms with van der Waals surface area (Å²) in [4.78, 5) is 38.3. The minimum atomic E-state index is -1.24. The van der Waals surface area contributed by atoms with Crippen molar-refractivity contribution in [2.75, 3.05) is 13.2 Å². The van der Waals surface area contributed by atoms with Crippen LogP contribution in [0.2, 0.25) is 0 Å². The zero-order chi connectivity index (χ0) is 24.1. The van der Waals surface area contributed by atoms with Crippen LogP contribution < -0.4 is 10.1 Å². The summed E-state index contributed by atoms with van der Waals surface area (Å²) in [6, 6.07) is 16.8. The average Bonchev–Trinajstić information content (AvgIpc) is 3.65. The van der Waals surface area contributed by atoms with Gasteiger partial charge in [0, 0.05) is 19.0 Å². The van der Waals surface area contributed by atoms with Crippen molar-refractivity contribution in [3.8, 4) is 5.75 Å². The number of aliphatic hydroxyl groups is 1. The predicted octanol–water partition coefficient (Wildman–Crippen LogP) is 2.83. The number of hydrogen-bond donors (Lipinski definition) is 3. The van der Waals surface area contributed by atoms with Gasteiger partial charge in [-0.1, -0.05) is 42.5 Å². The first-order valence-corrected chi connectivity index (χ1v) is 11.4. The summed E-state index contributed by atoms with van der Waals surface area (Å²) >= 11 is 0. The first kappa shape index (κ1) is 23.4. The fourth-order valence-electron chi connectivity index (χ4n) is 4.00. The van der Waals surface area contributed by atoms with Gasteiger partial charge in [-0.15, -0.1) is 0 Å². The zero-order valence-corrected chi connectivity index (χ0v) is 18.8. The van der Waals surface area contributed by atoms with Gasteiger partial charge < -0.3 is 25.2 Å². The lowest BCUT2D eigenvalue weighted by molar-refractivity contribution is -0.139. The number of benzene rings is 2. The van der Waals surface area contributed by atoms with Crippen molar-refractivity contribution >= 4 is 17.8 Å². The minimum absolute atomic E-state index is 0.0963. The lowest BCUT2D eigenvalue weighted by Crippen LogP contribution is -2.49. The Morgan fingerprint density at radius 3 is 2.38 bits per heavy atom. The van der Waals surface area contributed by atoms with Gasteiger partial charge in [-0.05, 0) is 48.4 Å². The highest BCUT2D eigenvalue weighted by Crippen LogP contribution is 2.30. The number of carbonyl (C=O) groups excluding carboxylic acids is 2. The molecule has 34 heavy (non-hydrogen) atoms. The van der Waals surface area contributed by atoms with Crippen LogP contribution in [0.4, 0.5) is 0 Å². The first-order valence-electron chi connectivity index (χ1n) is 11.4. The Bertz CT molecular complexity index is 1080. The van der Waals surface area contributed by atoms with Gasteiger partial charge in [-0.25, -0.2) is 0 Å². The maximum atomic E-state index is 13.4. The molecule has 3 N–H and O–H groups in total. The maximum absolute atomic E-state index is 13.4. The summed E-state index contributed by atoms with van der Waals surface area (Å²) in [6.07, 6.45) is 3.02. The highest BCUT2D eigenvalue weighted by Gasteiger charge is 2.38. The number of carboxylic acid groups (broad SMARTS) is 1. The van der Waals surface area contributed by atoms with Gasteiger partial charge in [0.05, 0.1) is 6.61 Å². The third-order valence-corrected chi connectivity index (χ3v) is 6.03. The van der Waals surface area contributed by atoms with Crippen molar-refractivity contribution in [3.63, 3.8) is 0 Å². The van der Waals surface area contributed by atoms with E-state index in [-0.39, 0.29) is 24.8 Å². The van der Waals surface area contributed by atoms with Crippen LogP contribution in [0.25, 0.3) is 0 Å². The van der Waals surface area contributed by atoms with Crippen molar-refractivity contribution in [2.24, 2.45) is 5.92 Å². The third kappa shape index (κ3) is 5.95. The van der Waals surface area contributed by atoms with E-state index in [1.54, 1.807) is 4.90 Å². The maximum Gasteiger partial charge on any atom is 0.322 e. The number of nitrogens with zero attached hydrogens (tertiary/aromatic N) is 1. The topological polar surface area (TPSA) is 116 Å². The summed E-state index contributed by atoms with van der Waals surface area (Å²) in [5.74, 6) is -1.66. The molecule has 8 heteroatoms. The quantitative estimate of drug-likeness (QED) is 0.466. The van der Waals surface area contributed by atoms with Crippen LogP contribution in [-0.4, -0.2) is 52.1 Å². The molecule has 2 aliphatic rings. The van der Waals surface area contributed by atoms with Crippen molar-refractivity contribution in [2.45, 2.75) is 38.3 Å². The summed E-state index contributed by atoms with van der Waals surface area (Å²) in [5, 5.41) is 21.6. The number of carbonyl (C=O) groups is 3. The van der Waals surface area contributed by atoms with Crippen LogP contribution in [0, 0.1) is 5.92 Å². The molecule has 178 valence electrons. The number of aliphatic carboxylic acids is 1. The Morgan fingerprint density at radius 1 is 1.03 bits per heavy atom. The van der Waals surface area contributed by atoms with Crippen molar-refractivity contribution in [1.29, 1.82) is 0 Å². The molecule has 0 bridgehead atoms. The van der Waals surface area contributed by atoms with Crippen LogP contribution in [0.5, 0.6) is 5.75 Å².